The molecule has 0 spiro atoms. The lowest BCUT2D eigenvalue weighted by Gasteiger charge is -2.10. The highest BCUT2D eigenvalue weighted by molar-refractivity contribution is 7.26. The molecule has 0 saturated heterocycles. The topological polar surface area (TPSA) is 51.6 Å². The van der Waals surface area contributed by atoms with Crippen molar-refractivity contribution in [3.8, 4) is 55.9 Å². The molecule has 7 aromatic carbocycles. The average Bonchev–Trinajstić information content (AvgIpc) is 3.94. The second-order valence-corrected chi connectivity index (χ2v) is 16.2. The standard InChI is InChI=1S/C46H26N4S3/c1-2-9-28(10-3-1)43-48-44(31-22-23-33-32-11-4-6-14-37(32)51-40(33)26-31)50-45(49-43)35-12-8-16-39-42(35)34-24-21-30(25-41(34)52-39)27-17-19-29(20-18-27)46-47-36-13-5-7-15-38(36)53-46/h1-26H. The monoisotopic (exact) mass is 730 g/mol. The lowest BCUT2D eigenvalue weighted by Crippen LogP contribution is -2.00. The van der Waals surface area contributed by atoms with Crippen LogP contribution in [0.2, 0.25) is 0 Å². The largest absolute Gasteiger partial charge is 0.236 e. The van der Waals surface area contributed by atoms with Crippen LogP contribution in [0.5, 0.6) is 0 Å². The summed E-state index contributed by atoms with van der Waals surface area (Å²) in [6, 6.07) is 55.7. The van der Waals surface area contributed by atoms with Gasteiger partial charge in [-0.05, 0) is 47.5 Å². The van der Waals surface area contributed by atoms with Crippen LogP contribution in [0.25, 0.3) is 106 Å². The second-order valence-electron chi connectivity index (χ2n) is 13.0. The number of aromatic nitrogens is 4. The van der Waals surface area contributed by atoms with E-state index in [9.17, 15) is 0 Å². The molecule has 0 saturated carbocycles. The van der Waals surface area contributed by atoms with Crippen LogP contribution in [0.3, 0.4) is 0 Å². The highest BCUT2D eigenvalue weighted by Crippen LogP contribution is 2.42. The number of hydrogen-bond acceptors (Lipinski definition) is 7. The van der Waals surface area contributed by atoms with Crippen LogP contribution in [0.15, 0.2) is 158 Å². The summed E-state index contributed by atoms with van der Waals surface area (Å²) in [5, 5.41) is 5.94. The van der Waals surface area contributed by atoms with E-state index in [0.29, 0.717) is 17.5 Å². The molecule has 4 aromatic heterocycles. The summed E-state index contributed by atoms with van der Waals surface area (Å²) >= 11 is 5.34. The van der Waals surface area contributed by atoms with Crippen molar-refractivity contribution in [2.24, 2.45) is 0 Å². The molecule has 0 bridgehead atoms. The Kier molecular flexibility index (Phi) is 7.05. The lowest BCUT2D eigenvalue weighted by atomic mass is 10.0. The number of nitrogens with zero attached hydrogens (tertiary/aromatic N) is 4. The number of thiazole rings is 1. The fraction of sp³-hybridized carbons (Fsp3) is 0. The third-order valence-corrected chi connectivity index (χ3v) is 13.1. The predicted molar refractivity (Wildman–Crippen MR) is 226 cm³/mol. The molecule has 11 rings (SSSR count). The smallest absolute Gasteiger partial charge is 0.164 e. The van der Waals surface area contributed by atoms with Gasteiger partial charge in [-0.1, -0.05) is 121 Å². The first-order chi connectivity index (χ1) is 26.2. The zero-order valence-electron chi connectivity index (χ0n) is 28.0. The molecule has 0 fully saturated rings. The molecule has 0 unspecified atom stereocenters. The Balaban J connectivity index is 1.02. The van der Waals surface area contributed by atoms with E-state index in [2.05, 4.69) is 133 Å². The van der Waals surface area contributed by atoms with Crippen LogP contribution < -0.4 is 0 Å². The Labute approximate surface area is 316 Å². The van der Waals surface area contributed by atoms with E-state index >= 15 is 0 Å². The number of rotatable bonds is 5. The van der Waals surface area contributed by atoms with Crippen LogP contribution in [0.4, 0.5) is 0 Å². The number of benzene rings is 7. The third-order valence-electron chi connectivity index (χ3n) is 9.80. The first-order valence-electron chi connectivity index (χ1n) is 17.4. The van der Waals surface area contributed by atoms with Crippen molar-refractivity contribution in [2.45, 2.75) is 0 Å². The van der Waals surface area contributed by atoms with Gasteiger partial charge in [-0.25, -0.2) is 19.9 Å². The maximum atomic E-state index is 5.19. The van der Waals surface area contributed by atoms with Gasteiger partial charge < -0.3 is 0 Å². The minimum atomic E-state index is 0.662. The predicted octanol–water partition coefficient (Wildman–Crippen LogP) is 13.6. The van der Waals surface area contributed by atoms with E-state index < -0.39 is 0 Å². The van der Waals surface area contributed by atoms with Gasteiger partial charge in [-0.3, -0.25) is 0 Å². The highest BCUT2D eigenvalue weighted by Gasteiger charge is 2.18. The highest BCUT2D eigenvalue weighted by atomic mass is 32.1. The Morgan fingerprint density at radius 2 is 0.925 bits per heavy atom. The number of hydrogen-bond donors (Lipinski definition) is 0. The number of fused-ring (bicyclic) bond motifs is 7. The fourth-order valence-corrected chi connectivity index (χ4v) is 10.5. The summed E-state index contributed by atoms with van der Waals surface area (Å²) in [5.74, 6) is 2.00. The maximum absolute atomic E-state index is 5.19. The van der Waals surface area contributed by atoms with E-state index in [1.54, 1.807) is 22.7 Å². The molecular weight excluding hydrogens is 705 g/mol. The Morgan fingerprint density at radius 3 is 1.79 bits per heavy atom. The molecule has 0 aliphatic heterocycles. The van der Waals surface area contributed by atoms with Crippen molar-refractivity contribution >= 4 is 84.6 Å². The van der Waals surface area contributed by atoms with E-state index in [1.165, 1.54) is 56.2 Å². The van der Waals surface area contributed by atoms with Gasteiger partial charge in [0, 0.05) is 62.6 Å². The zero-order valence-corrected chi connectivity index (χ0v) is 30.5. The molecule has 0 N–H and O–H groups in total. The summed E-state index contributed by atoms with van der Waals surface area (Å²) in [6.07, 6.45) is 0. The maximum Gasteiger partial charge on any atom is 0.164 e. The van der Waals surface area contributed by atoms with E-state index in [-0.39, 0.29) is 0 Å². The molecular formula is C46H26N4S3. The molecule has 4 heterocycles. The molecule has 53 heavy (non-hydrogen) atoms. The van der Waals surface area contributed by atoms with E-state index in [4.69, 9.17) is 19.9 Å². The fourth-order valence-electron chi connectivity index (χ4n) is 7.20. The summed E-state index contributed by atoms with van der Waals surface area (Å²) in [6.45, 7) is 0. The van der Waals surface area contributed by atoms with Gasteiger partial charge in [-0.2, -0.15) is 0 Å². The van der Waals surface area contributed by atoms with Gasteiger partial charge >= 0.3 is 0 Å². The summed E-state index contributed by atoms with van der Waals surface area (Å²) < 4.78 is 6.14. The molecule has 4 nitrogen and oxygen atoms in total. The first kappa shape index (κ1) is 30.5. The van der Waals surface area contributed by atoms with Crippen molar-refractivity contribution in [3.05, 3.63) is 158 Å². The molecule has 0 aliphatic carbocycles. The molecule has 248 valence electrons. The molecule has 0 radical (unpaired) electrons. The molecule has 11 aromatic rings. The first-order valence-corrected chi connectivity index (χ1v) is 19.8. The van der Waals surface area contributed by atoms with E-state index in [1.807, 2.05) is 35.6 Å². The molecule has 0 atom stereocenters. The third kappa shape index (κ3) is 5.24. The van der Waals surface area contributed by atoms with Crippen LogP contribution >= 0.6 is 34.0 Å². The van der Waals surface area contributed by atoms with Crippen molar-refractivity contribution < 1.29 is 0 Å². The number of thiophene rings is 2. The van der Waals surface area contributed by atoms with Gasteiger partial charge in [0.15, 0.2) is 17.5 Å². The Bertz CT molecular complexity index is 3140. The van der Waals surface area contributed by atoms with Gasteiger partial charge in [0.25, 0.3) is 0 Å². The SMILES string of the molecule is c1ccc(-c2nc(-c3ccc4c(c3)sc3ccccc34)nc(-c3cccc4sc5cc(-c6ccc(-c7nc8ccccc8s7)cc6)ccc5c34)n2)cc1. The van der Waals surface area contributed by atoms with Gasteiger partial charge in [-0.15, -0.1) is 34.0 Å². The normalized spacial score (nSPS) is 11.8. The molecule has 7 heteroatoms. The second kappa shape index (κ2) is 12.2. The van der Waals surface area contributed by atoms with Crippen molar-refractivity contribution in [1.82, 2.24) is 19.9 Å². The summed E-state index contributed by atoms with van der Waals surface area (Å²) in [4.78, 5) is 20.2. The molecule has 0 aliphatic rings. The minimum Gasteiger partial charge on any atom is -0.236 e. The van der Waals surface area contributed by atoms with Gasteiger partial charge in [0.1, 0.15) is 5.01 Å². The van der Waals surface area contributed by atoms with Crippen molar-refractivity contribution in [3.63, 3.8) is 0 Å². The Morgan fingerprint density at radius 1 is 0.321 bits per heavy atom. The zero-order chi connectivity index (χ0) is 34.9. The van der Waals surface area contributed by atoms with Gasteiger partial charge in [0.05, 0.1) is 10.2 Å². The Hall–Kier alpha value is -6.12. The van der Waals surface area contributed by atoms with Crippen molar-refractivity contribution in [2.75, 3.05) is 0 Å². The van der Waals surface area contributed by atoms with Gasteiger partial charge in [0.2, 0.25) is 0 Å². The van der Waals surface area contributed by atoms with Crippen LogP contribution in [-0.2, 0) is 0 Å². The average molecular weight is 731 g/mol. The lowest BCUT2D eigenvalue weighted by molar-refractivity contribution is 1.08. The number of para-hydroxylation sites is 1. The van der Waals surface area contributed by atoms with Crippen LogP contribution in [0.1, 0.15) is 0 Å². The van der Waals surface area contributed by atoms with E-state index in [0.717, 1.165) is 32.8 Å². The quantitative estimate of drug-likeness (QED) is 0.177. The van der Waals surface area contributed by atoms with Crippen LogP contribution in [0, 0.1) is 0 Å². The minimum absolute atomic E-state index is 0.662. The van der Waals surface area contributed by atoms with Crippen molar-refractivity contribution in [1.29, 1.82) is 0 Å². The summed E-state index contributed by atoms with van der Waals surface area (Å²) in [7, 11) is 0. The van der Waals surface area contributed by atoms with Crippen LogP contribution in [-0.4, -0.2) is 19.9 Å². The summed E-state index contributed by atoms with van der Waals surface area (Å²) in [5.41, 5.74) is 7.49. The molecule has 0 amide bonds.